The first-order chi connectivity index (χ1) is 12.1. The van der Waals surface area contributed by atoms with Crippen molar-refractivity contribution < 1.29 is 4.74 Å². The average molecular weight is 343 g/mol. The number of benzene rings is 1. The zero-order valence-electron chi connectivity index (χ0n) is 15.7. The largest absolute Gasteiger partial charge is 0.380 e. The minimum Gasteiger partial charge on any atom is -0.380 e. The van der Waals surface area contributed by atoms with E-state index in [9.17, 15) is 0 Å². The predicted octanol–water partition coefficient (Wildman–Crippen LogP) is 2.40. The quantitative estimate of drug-likeness (QED) is 0.439. The van der Waals surface area contributed by atoms with Crippen molar-refractivity contribution in [2.24, 2.45) is 4.99 Å². The van der Waals surface area contributed by atoms with Crippen LogP contribution in [0.15, 0.2) is 35.3 Å². The van der Waals surface area contributed by atoms with Gasteiger partial charge in [0.15, 0.2) is 5.96 Å². The van der Waals surface area contributed by atoms with E-state index in [0.717, 1.165) is 37.7 Å². The Balaban J connectivity index is 1.76. The molecule has 2 aromatic rings. The van der Waals surface area contributed by atoms with E-state index in [1.165, 1.54) is 16.8 Å². The lowest BCUT2D eigenvalue weighted by molar-refractivity contribution is 0.184. The summed E-state index contributed by atoms with van der Waals surface area (Å²) in [7, 11) is 3.50. The van der Waals surface area contributed by atoms with Crippen LogP contribution >= 0.6 is 0 Å². The van der Waals surface area contributed by atoms with Gasteiger partial charge in [-0.2, -0.15) is 5.10 Å². The van der Waals surface area contributed by atoms with E-state index in [0.29, 0.717) is 6.61 Å². The highest BCUT2D eigenvalue weighted by atomic mass is 16.5. The zero-order chi connectivity index (χ0) is 18.1. The predicted molar refractivity (Wildman–Crippen MR) is 102 cm³/mol. The fourth-order valence-electron chi connectivity index (χ4n) is 2.76. The van der Waals surface area contributed by atoms with E-state index in [1.807, 2.05) is 23.7 Å². The molecule has 1 heterocycles. The molecule has 0 saturated carbocycles. The van der Waals surface area contributed by atoms with Gasteiger partial charge in [-0.25, -0.2) is 0 Å². The van der Waals surface area contributed by atoms with Gasteiger partial charge in [0, 0.05) is 39.5 Å². The summed E-state index contributed by atoms with van der Waals surface area (Å²) in [6, 6.07) is 10.4. The van der Waals surface area contributed by atoms with Crippen LogP contribution in [0.1, 0.15) is 28.9 Å². The van der Waals surface area contributed by atoms with Crippen LogP contribution in [-0.2, 0) is 24.4 Å². The Kier molecular flexibility index (Phi) is 7.47. The number of nitrogens with one attached hydrogen (secondary N) is 2. The lowest BCUT2D eigenvalue weighted by atomic mass is 10.1. The van der Waals surface area contributed by atoms with Gasteiger partial charge in [-0.15, -0.1) is 0 Å². The Morgan fingerprint density at radius 1 is 1.20 bits per heavy atom. The highest BCUT2D eigenvalue weighted by Gasteiger charge is 2.04. The number of aryl methyl sites for hydroxylation is 3. The maximum Gasteiger partial charge on any atom is 0.191 e. The number of aromatic nitrogens is 2. The van der Waals surface area contributed by atoms with Crippen LogP contribution in [0.4, 0.5) is 0 Å². The molecule has 0 saturated heterocycles. The van der Waals surface area contributed by atoms with E-state index >= 15 is 0 Å². The number of nitrogens with zero attached hydrogens (tertiary/aromatic N) is 3. The molecule has 0 unspecified atom stereocenters. The monoisotopic (exact) mass is 343 g/mol. The van der Waals surface area contributed by atoms with Crippen LogP contribution in [0, 0.1) is 13.8 Å². The van der Waals surface area contributed by atoms with Gasteiger partial charge in [-0.3, -0.25) is 9.67 Å². The van der Waals surface area contributed by atoms with Gasteiger partial charge in [0.05, 0.1) is 12.3 Å². The molecule has 0 amide bonds. The van der Waals surface area contributed by atoms with Gasteiger partial charge in [0.25, 0.3) is 0 Å². The smallest absolute Gasteiger partial charge is 0.191 e. The van der Waals surface area contributed by atoms with Gasteiger partial charge in [0.2, 0.25) is 0 Å². The van der Waals surface area contributed by atoms with Crippen LogP contribution in [0.25, 0.3) is 0 Å². The Hall–Kier alpha value is -2.34. The second kappa shape index (κ2) is 9.84. The van der Waals surface area contributed by atoms with Gasteiger partial charge in [0.1, 0.15) is 0 Å². The molecule has 6 nitrogen and oxygen atoms in total. The van der Waals surface area contributed by atoms with E-state index in [2.05, 4.69) is 45.8 Å². The third kappa shape index (κ3) is 5.90. The molecular weight excluding hydrogens is 314 g/mol. The Morgan fingerprint density at radius 3 is 2.60 bits per heavy atom. The normalized spacial score (nSPS) is 11.6. The highest BCUT2D eigenvalue weighted by Crippen LogP contribution is 2.09. The van der Waals surface area contributed by atoms with E-state index < -0.39 is 0 Å². The van der Waals surface area contributed by atoms with Crippen molar-refractivity contribution >= 4 is 5.96 Å². The van der Waals surface area contributed by atoms with Crippen molar-refractivity contribution in [3.05, 3.63) is 52.8 Å². The maximum absolute atomic E-state index is 5.25. The molecule has 2 N–H and O–H groups in total. The lowest BCUT2D eigenvalue weighted by Gasteiger charge is -2.14. The summed E-state index contributed by atoms with van der Waals surface area (Å²) in [6.45, 7) is 7.20. The third-order valence-corrected chi connectivity index (χ3v) is 4.03. The van der Waals surface area contributed by atoms with E-state index in [1.54, 1.807) is 14.2 Å². The van der Waals surface area contributed by atoms with Crippen LogP contribution in [0.3, 0.4) is 0 Å². The lowest BCUT2D eigenvalue weighted by Crippen LogP contribution is -2.37. The number of methoxy groups -OCH3 is 1. The molecule has 1 aromatic heterocycles. The van der Waals surface area contributed by atoms with Crippen LogP contribution in [0.2, 0.25) is 0 Å². The highest BCUT2D eigenvalue weighted by molar-refractivity contribution is 5.79. The number of rotatable bonds is 8. The molecular formula is C19H29N5O. The summed E-state index contributed by atoms with van der Waals surface area (Å²) in [4.78, 5) is 4.29. The standard InChI is InChI=1S/C19H29N5O/c1-15-12-16(2)24(23-15)11-7-10-21-19(20-3)22-13-17-8-5-6-9-18(17)14-25-4/h5-6,8-9,12H,7,10-11,13-14H2,1-4H3,(H2,20,21,22). The first-order valence-electron chi connectivity index (χ1n) is 8.65. The molecule has 0 atom stereocenters. The number of hydrogen-bond acceptors (Lipinski definition) is 3. The molecule has 0 aliphatic rings. The first-order valence-corrected chi connectivity index (χ1v) is 8.65. The van der Waals surface area contributed by atoms with Crippen LogP contribution in [0.5, 0.6) is 0 Å². The van der Waals surface area contributed by atoms with Crippen molar-refractivity contribution in [1.29, 1.82) is 0 Å². The molecule has 0 aliphatic carbocycles. The molecule has 136 valence electrons. The molecule has 25 heavy (non-hydrogen) atoms. The SMILES string of the molecule is CN=C(NCCCn1nc(C)cc1C)NCc1ccccc1COC. The van der Waals surface area contributed by atoms with Crippen molar-refractivity contribution in [2.75, 3.05) is 20.7 Å². The van der Waals surface area contributed by atoms with Crippen molar-refractivity contribution in [3.8, 4) is 0 Å². The zero-order valence-corrected chi connectivity index (χ0v) is 15.7. The minimum absolute atomic E-state index is 0.618. The van der Waals surface area contributed by atoms with Gasteiger partial charge in [-0.1, -0.05) is 24.3 Å². The Labute approximate surface area is 150 Å². The molecule has 0 spiro atoms. The number of ether oxygens (including phenoxy) is 1. The van der Waals surface area contributed by atoms with Crippen molar-refractivity contribution in [3.63, 3.8) is 0 Å². The summed E-state index contributed by atoms with van der Waals surface area (Å²) in [5, 5.41) is 11.2. The summed E-state index contributed by atoms with van der Waals surface area (Å²) in [6.07, 6.45) is 0.989. The van der Waals surface area contributed by atoms with Gasteiger partial charge < -0.3 is 15.4 Å². The number of aliphatic imine (C=N–C) groups is 1. The van der Waals surface area contributed by atoms with Crippen molar-refractivity contribution in [1.82, 2.24) is 20.4 Å². The molecule has 0 fully saturated rings. The fraction of sp³-hybridized carbons (Fsp3) is 0.474. The summed E-state index contributed by atoms with van der Waals surface area (Å²) >= 11 is 0. The topological polar surface area (TPSA) is 63.5 Å². The second-order valence-corrected chi connectivity index (χ2v) is 6.06. The fourth-order valence-corrected chi connectivity index (χ4v) is 2.76. The first kappa shape index (κ1) is 19.0. The molecule has 6 heteroatoms. The Morgan fingerprint density at radius 2 is 1.96 bits per heavy atom. The van der Waals surface area contributed by atoms with Gasteiger partial charge in [-0.05, 0) is 37.5 Å². The molecule has 2 rings (SSSR count). The third-order valence-electron chi connectivity index (χ3n) is 4.03. The van der Waals surface area contributed by atoms with E-state index in [-0.39, 0.29) is 0 Å². The summed E-state index contributed by atoms with van der Waals surface area (Å²) < 4.78 is 7.30. The summed E-state index contributed by atoms with van der Waals surface area (Å²) in [5.74, 6) is 0.806. The molecule has 1 aromatic carbocycles. The van der Waals surface area contributed by atoms with Gasteiger partial charge >= 0.3 is 0 Å². The van der Waals surface area contributed by atoms with Crippen molar-refractivity contribution in [2.45, 2.75) is 40.0 Å². The maximum atomic E-state index is 5.25. The van der Waals surface area contributed by atoms with Crippen LogP contribution in [-0.4, -0.2) is 36.4 Å². The second-order valence-electron chi connectivity index (χ2n) is 6.06. The number of hydrogen-bond donors (Lipinski definition) is 2. The minimum atomic E-state index is 0.618. The van der Waals surface area contributed by atoms with Crippen LogP contribution < -0.4 is 10.6 Å². The molecule has 0 radical (unpaired) electrons. The number of guanidine groups is 1. The Bertz CT molecular complexity index is 693. The molecule has 0 aliphatic heterocycles. The molecule has 0 bridgehead atoms. The average Bonchev–Trinajstić information content (AvgIpc) is 2.93. The van der Waals surface area contributed by atoms with E-state index in [4.69, 9.17) is 4.74 Å². The summed E-state index contributed by atoms with van der Waals surface area (Å²) in [5.41, 5.74) is 4.68.